The number of benzene rings is 2. The van der Waals surface area contributed by atoms with Crippen LogP contribution in [-0.2, 0) is 16.0 Å². The summed E-state index contributed by atoms with van der Waals surface area (Å²) in [5.41, 5.74) is -0.935. The maximum Gasteiger partial charge on any atom is 0.416 e. The lowest BCUT2D eigenvalue weighted by atomic mass is 9.94. The van der Waals surface area contributed by atoms with Crippen LogP contribution in [0.1, 0.15) is 41.6 Å². The fourth-order valence-corrected chi connectivity index (χ4v) is 5.48. The Morgan fingerprint density at radius 1 is 1.06 bits per heavy atom. The number of alkyl halides is 3. The molecule has 0 bridgehead atoms. The first-order valence-electron chi connectivity index (χ1n) is 9.57. The number of halogens is 4. The highest BCUT2D eigenvalue weighted by Gasteiger charge is 2.35. The summed E-state index contributed by atoms with van der Waals surface area (Å²) in [6.45, 7) is 0. The van der Waals surface area contributed by atoms with Crippen molar-refractivity contribution in [3.63, 3.8) is 0 Å². The van der Waals surface area contributed by atoms with Gasteiger partial charge in [-0.25, -0.2) is 12.8 Å². The number of methoxy groups -OCH3 is 1. The number of ether oxygens (including phenoxy) is 1. The standard InChI is InChI=1S/C21H21F4NO4S/c1-30-17-10-13(9-15(22)12-17)20(27)26-16-5-7-18(8-6-16)31(28,29)19-4-2-3-14(11-19)21(23,24)25/h2-4,9-12,16,18H,5-8H2,1H3,(H,26,27)/t16-,18-. The Labute approximate surface area is 177 Å². The van der Waals surface area contributed by atoms with E-state index in [1.807, 2.05) is 0 Å². The van der Waals surface area contributed by atoms with Gasteiger partial charge in [0, 0.05) is 17.7 Å². The summed E-state index contributed by atoms with van der Waals surface area (Å²) < 4.78 is 82.9. The monoisotopic (exact) mass is 459 g/mol. The predicted octanol–water partition coefficient (Wildman–Crippen LogP) is 4.37. The second-order valence-corrected chi connectivity index (χ2v) is 9.63. The van der Waals surface area contributed by atoms with Gasteiger partial charge in [0.1, 0.15) is 11.6 Å². The molecule has 10 heteroatoms. The molecular weight excluding hydrogens is 438 g/mol. The largest absolute Gasteiger partial charge is 0.497 e. The van der Waals surface area contributed by atoms with Crippen LogP contribution in [-0.4, -0.2) is 32.7 Å². The number of carbonyl (C=O) groups excluding carboxylic acids is 1. The van der Waals surface area contributed by atoms with E-state index in [9.17, 15) is 30.8 Å². The van der Waals surface area contributed by atoms with E-state index in [1.54, 1.807) is 0 Å². The molecule has 0 heterocycles. The Morgan fingerprint density at radius 2 is 1.74 bits per heavy atom. The summed E-state index contributed by atoms with van der Waals surface area (Å²) in [5, 5.41) is 1.91. The Balaban J connectivity index is 1.65. The van der Waals surface area contributed by atoms with Crippen LogP contribution in [0.2, 0.25) is 0 Å². The maximum atomic E-state index is 13.6. The van der Waals surface area contributed by atoms with E-state index in [0.717, 1.165) is 30.3 Å². The summed E-state index contributed by atoms with van der Waals surface area (Å²) in [4.78, 5) is 12.0. The molecular formula is C21H21F4NO4S. The SMILES string of the molecule is COc1cc(F)cc(C(=O)N[C@H]2CC[C@H](S(=O)(=O)c3cccc(C(F)(F)F)c3)CC2)c1. The molecule has 168 valence electrons. The molecule has 5 nitrogen and oxygen atoms in total. The van der Waals surface area contributed by atoms with Gasteiger partial charge in [-0.1, -0.05) is 6.07 Å². The van der Waals surface area contributed by atoms with Crippen LogP contribution >= 0.6 is 0 Å². The first-order chi connectivity index (χ1) is 14.5. The van der Waals surface area contributed by atoms with Crippen LogP contribution < -0.4 is 10.1 Å². The van der Waals surface area contributed by atoms with Crippen LogP contribution in [0.4, 0.5) is 17.6 Å². The zero-order chi connectivity index (χ0) is 22.8. The van der Waals surface area contributed by atoms with Crippen LogP contribution in [0, 0.1) is 5.82 Å². The van der Waals surface area contributed by atoms with E-state index in [4.69, 9.17) is 4.74 Å². The van der Waals surface area contributed by atoms with Crippen molar-refractivity contribution in [3.05, 3.63) is 59.4 Å². The molecule has 1 aliphatic rings. The lowest BCUT2D eigenvalue weighted by Gasteiger charge is -2.29. The second-order valence-electron chi connectivity index (χ2n) is 7.40. The molecule has 2 aromatic rings. The normalized spacial score (nSPS) is 19.6. The third-order valence-electron chi connectivity index (χ3n) is 5.31. The second kappa shape index (κ2) is 8.86. The van der Waals surface area contributed by atoms with Crippen molar-refractivity contribution in [2.24, 2.45) is 0 Å². The Morgan fingerprint density at radius 3 is 2.35 bits per heavy atom. The molecule has 1 N–H and O–H groups in total. The van der Waals surface area contributed by atoms with Gasteiger partial charge in [0.25, 0.3) is 5.91 Å². The fourth-order valence-electron chi connectivity index (χ4n) is 3.64. The molecule has 1 saturated carbocycles. The highest BCUT2D eigenvalue weighted by molar-refractivity contribution is 7.92. The zero-order valence-electron chi connectivity index (χ0n) is 16.6. The molecule has 1 aliphatic carbocycles. The third kappa shape index (κ3) is 5.36. The number of hydrogen-bond donors (Lipinski definition) is 1. The van der Waals surface area contributed by atoms with E-state index in [-0.39, 0.29) is 35.1 Å². The van der Waals surface area contributed by atoms with Gasteiger partial charge in [-0.15, -0.1) is 0 Å². The molecule has 1 amide bonds. The number of nitrogens with one attached hydrogen (secondary N) is 1. The average molecular weight is 459 g/mol. The lowest BCUT2D eigenvalue weighted by Crippen LogP contribution is -2.40. The molecule has 0 saturated heterocycles. The minimum Gasteiger partial charge on any atom is -0.497 e. The quantitative estimate of drug-likeness (QED) is 0.674. The van der Waals surface area contributed by atoms with Crippen molar-refractivity contribution in [3.8, 4) is 5.75 Å². The summed E-state index contributed by atoms with van der Waals surface area (Å²) in [5.74, 6) is -0.941. The van der Waals surface area contributed by atoms with Crippen LogP contribution in [0.5, 0.6) is 5.75 Å². The third-order valence-corrected chi connectivity index (χ3v) is 7.57. The molecule has 0 unspecified atom stereocenters. The summed E-state index contributed by atoms with van der Waals surface area (Å²) >= 11 is 0. The van der Waals surface area contributed by atoms with Crippen LogP contribution in [0.15, 0.2) is 47.4 Å². The molecule has 0 radical (unpaired) electrons. The first-order valence-corrected chi connectivity index (χ1v) is 11.1. The van der Waals surface area contributed by atoms with E-state index >= 15 is 0 Å². The molecule has 31 heavy (non-hydrogen) atoms. The summed E-state index contributed by atoms with van der Waals surface area (Å²) in [6.07, 6.45) is -3.58. The van der Waals surface area contributed by atoms with Gasteiger partial charge in [-0.3, -0.25) is 4.79 Å². The minimum absolute atomic E-state index is 0.0792. The number of hydrogen-bond acceptors (Lipinski definition) is 4. The van der Waals surface area contributed by atoms with E-state index in [0.29, 0.717) is 18.9 Å². The number of amides is 1. The van der Waals surface area contributed by atoms with E-state index in [2.05, 4.69) is 5.32 Å². The first kappa shape index (κ1) is 23.1. The lowest BCUT2D eigenvalue weighted by molar-refractivity contribution is -0.137. The van der Waals surface area contributed by atoms with Crippen LogP contribution in [0.3, 0.4) is 0 Å². The fraction of sp³-hybridized carbons (Fsp3) is 0.381. The van der Waals surface area contributed by atoms with E-state index in [1.165, 1.54) is 13.2 Å². The smallest absolute Gasteiger partial charge is 0.416 e. The van der Waals surface area contributed by atoms with Gasteiger partial charge in [-0.2, -0.15) is 13.2 Å². The van der Waals surface area contributed by atoms with Gasteiger partial charge < -0.3 is 10.1 Å². The summed E-state index contributed by atoms with van der Waals surface area (Å²) in [7, 11) is -2.59. The minimum atomic E-state index is -4.63. The maximum absolute atomic E-state index is 13.6. The molecule has 0 spiro atoms. The van der Waals surface area contributed by atoms with Crippen molar-refractivity contribution >= 4 is 15.7 Å². The van der Waals surface area contributed by atoms with Crippen molar-refractivity contribution in [2.75, 3.05) is 7.11 Å². The van der Waals surface area contributed by atoms with Crippen molar-refractivity contribution in [1.29, 1.82) is 0 Å². The van der Waals surface area contributed by atoms with Crippen molar-refractivity contribution in [1.82, 2.24) is 5.32 Å². The molecule has 0 aliphatic heterocycles. The highest BCUT2D eigenvalue weighted by atomic mass is 32.2. The topological polar surface area (TPSA) is 72.5 Å². The Bertz CT molecular complexity index is 1060. The molecule has 2 aromatic carbocycles. The van der Waals surface area contributed by atoms with Gasteiger partial charge in [0.2, 0.25) is 0 Å². The highest BCUT2D eigenvalue weighted by Crippen LogP contribution is 2.34. The number of rotatable bonds is 5. The summed E-state index contributed by atoms with van der Waals surface area (Å²) in [6, 6.07) is 7.00. The number of sulfone groups is 1. The van der Waals surface area contributed by atoms with Crippen molar-refractivity contribution in [2.45, 2.75) is 48.0 Å². The van der Waals surface area contributed by atoms with Crippen molar-refractivity contribution < 1.29 is 35.5 Å². The molecule has 0 aromatic heterocycles. The number of carbonyl (C=O) groups is 1. The Kier molecular flexibility index (Phi) is 6.59. The average Bonchev–Trinajstić information content (AvgIpc) is 2.73. The predicted molar refractivity (Wildman–Crippen MR) is 105 cm³/mol. The molecule has 0 atom stereocenters. The molecule has 1 fully saturated rings. The van der Waals surface area contributed by atoms with Gasteiger partial charge in [-0.05, 0) is 56.0 Å². The molecule has 3 rings (SSSR count). The van der Waals surface area contributed by atoms with Gasteiger partial charge in [0.05, 0.1) is 22.8 Å². The van der Waals surface area contributed by atoms with E-state index < -0.39 is 38.6 Å². The van der Waals surface area contributed by atoms with Crippen LogP contribution in [0.25, 0.3) is 0 Å². The zero-order valence-corrected chi connectivity index (χ0v) is 17.4. The van der Waals surface area contributed by atoms with Gasteiger partial charge >= 0.3 is 6.18 Å². The van der Waals surface area contributed by atoms with Gasteiger partial charge in [0.15, 0.2) is 9.84 Å². The Hall–Kier alpha value is -2.62.